The van der Waals surface area contributed by atoms with Crippen LogP contribution in [0.15, 0.2) is 0 Å². The predicted octanol–water partition coefficient (Wildman–Crippen LogP) is -0.275. The molecular formula is C11H21N3O3. The van der Waals surface area contributed by atoms with E-state index in [-0.39, 0.29) is 6.03 Å². The van der Waals surface area contributed by atoms with E-state index < -0.39 is 6.04 Å². The first-order valence-corrected chi connectivity index (χ1v) is 6.06. The number of nitrogens with one attached hydrogen (secondary N) is 1. The van der Waals surface area contributed by atoms with Crippen molar-refractivity contribution in [3.05, 3.63) is 0 Å². The molecule has 98 valence electrons. The fraction of sp³-hybridized carbons (Fsp3) is 0.818. The molecule has 1 heterocycles. The summed E-state index contributed by atoms with van der Waals surface area (Å²) in [6.07, 6.45) is 3.16. The van der Waals surface area contributed by atoms with Crippen molar-refractivity contribution in [1.29, 1.82) is 0 Å². The molecule has 1 rings (SSSR count). The molecule has 0 aliphatic carbocycles. The molecule has 0 bridgehead atoms. The van der Waals surface area contributed by atoms with Crippen LogP contribution in [0.2, 0.25) is 0 Å². The standard InChI is InChI=1S/C11H21N3O3/c12-4-2-1-3-10(9-15)13-11(16)14-5-7-17-8-6-14/h9-10H,1-8,12H2,(H,13,16)/t10-/m0/s1. The molecule has 1 fully saturated rings. The number of carbonyl (C=O) groups excluding carboxylic acids is 2. The molecule has 6 nitrogen and oxygen atoms in total. The van der Waals surface area contributed by atoms with Crippen molar-refractivity contribution in [2.75, 3.05) is 32.8 Å². The molecule has 6 heteroatoms. The molecule has 0 aromatic rings. The maximum Gasteiger partial charge on any atom is 0.318 e. The minimum absolute atomic E-state index is 0.182. The van der Waals surface area contributed by atoms with Crippen LogP contribution in [-0.4, -0.2) is 56.1 Å². The predicted molar refractivity (Wildman–Crippen MR) is 63.7 cm³/mol. The Hall–Kier alpha value is -1.14. The highest BCUT2D eigenvalue weighted by molar-refractivity contribution is 5.78. The number of hydrogen-bond donors (Lipinski definition) is 2. The number of rotatable bonds is 6. The molecule has 0 unspecified atom stereocenters. The molecule has 0 aromatic carbocycles. The largest absolute Gasteiger partial charge is 0.378 e. The SMILES string of the molecule is NCCCC[C@@H](C=O)NC(=O)N1CCOCC1. The van der Waals surface area contributed by atoms with E-state index in [9.17, 15) is 9.59 Å². The second-order valence-electron chi connectivity index (χ2n) is 4.08. The molecule has 0 saturated carbocycles. The molecule has 1 aliphatic rings. The number of nitrogens with two attached hydrogens (primary N) is 1. The van der Waals surface area contributed by atoms with Gasteiger partial charge in [0.1, 0.15) is 6.29 Å². The zero-order valence-electron chi connectivity index (χ0n) is 10.1. The number of morpholine rings is 1. The number of urea groups is 1. The maximum absolute atomic E-state index is 11.8. The fourth-order valence-corrected chi connectivity index (χ4v) is 1.70. The Morgan fingerprint density at radius 3 is 2.71 bits per heavy atom. The zero-order chi connectivity index (χ0) is 12.5. The summed E-state index contributed by atoms with van der Waals surface area (Å²) >= 11 is 0. The average Bonchev–Trinajstić information content (AvgIpc) is 2.38. The van der Waals surface area contributed by atoms with Gasteiger partial charge in [-0.05, 0) is 25.8 Å². The van der Waals surface area contributed by atoms with E-state index in [0.717, 1.165) is 19.1 Å². The van der Waals surface area contributed by atoms with Gasteiger partial charge in [0.15, 0.2) is 0 Å². The van der Waals surface area contributed by atoms with E-state index in [2.05, 4.69) is 5.32 Å². The minimum Gasteiger partial charge on any atom is -0.378 e. The Labute approximate surface area is 101 Å². The molecule has 1 aliphatic heterocycles. The second kappa shape index (κ2) is 8.03. The summed E-state index contributed by atoms with van der Waals surface area (Å²) in [5.74, 6) is 0. The number of aldehydes is 1. The summed E-state index contributed by atoms with van der Waals surface area (Å²) in [5.41, 5.74) is 5.38. The van der Waals surface area contributed by atoms with Crippen molar-refractivity contribution in [3.63, 3.8) is 0 Å². The number of unbranched alkanes of at least 4 members (excludes halogenated alkanes) is 1. The highest BCUT2D eigenvalue weighted by atomic mass is 16.5. The Morgan fingerprint density at radius 2 is 2.12 bits per heavy atom. The van der Waals surface area contributed by atoms with Crippen LogP contribution in [0.25, 0.3) is 0 Å². The van der Waals surface area contributed by atoms with Gasteiger partial charge >= 0.3 is 6.03 Å². The van der Waals surface area contributed by atoms with Crippen molar-refractivity contribution in [2.45, 2.75) is 25.3 Å². The number of hydrogen-bond acceptors (Lipinski definition) is 4. The summed E-state index contributed by atoms with van der Waals surface area (Å²) in [6, 6.07) is -0.588. The van der Waals surface area contributed by atoms with Crippen LogP contribution in [0.5, 0.6) is 0 Å². The summed E-state index contributed by atoms with van der Waals surface area (Å²) < 4.78 is 5.16. The number of ether oxygens (including phenoxy) is 1. The second-order valence-corrected chi connectivity index (χ2v) is 4.08. The van der Waals surface area contributed by atoms with Gasteiger partial charge in [-0.2, -0.15) is 0 Å². The minimum atomic E-state index is -0.406. The molecule has 2 amide bonds. The summed E-state index contributed by atoms with van der Waals surface area (Å²) in [4.78, 5) is 24.3. The zero-order valence-corrected chi connectivity index (χ0v) is 10.1. The first-order chi connectivity index (χ1) is 8.27. The third kappa shape index (κ3) is 5.14. The lowest BCUT2D eigenvalue weighted by Crippen LogP contribution is -2.49. The molecular weight excluding hydrogens is 222 g/mol. The van der Waals surface area contributed by atoms with Gasteiger partial charge in [0, 0.05) is 13.1 Å². The van der Waals surface area contributed by atoms with Gasteiger partial charge in [0.05, 0.1) is 19.3 Å². The third-order valence-corrected chi connectivity index (χ3v) is 2.74. The highest BCUT2D eigenvalue weighted by Crippen LogP contribution is 2.01. The smallest absolute Gasteiger partial charge is 0.318 e. The lowest BCUT2D eigenvalue weighted by atomic mass is 10.1. The lowest BCUT2D eigenvalue weighted by Gasteiger charge is -2.28. The molecule has 1 saturated heterocycles. The Morgan fingerprint density at radius 1 is 1.41 bits per heavy atom. The molecule has 1 atom stereocenters. The fourth-order valence-electron chi connectivity index (χ4n) is 1.70. The topological polar surface area (TPSA) is 84.7 Å². The summed E-state index contributed by atoms with van der Waals surface area (Å²) in [7, 11) is 0. The molecule has 3 N–H and O–H groups in total. The van der Waals surface area contributed by atoms with E-state index in [4.69, 9.17) is 10.5 Å². The van der Waals surface area contributed by atoms with Crippen LogP contribution < -0.4 is 11.1 Å². The van der Waals surface area contributed by atoms with Crippen molar-refractivity contribution in [2.24, 2.45) is 5.73 Å². The number of nitrogens with zero attached hydrogens (tertiary/aromatic N) is 1. The van der Waals surface area contributed by atoms with Crippen molar-refractivity contribution in [3.8, 4) is 0 Å². The van der Waals surface area contributed by atoms with Gasteiger partial charge in [-0.1, -0.05) is 0 Å². The van der Waals surface area contributed by atoms with E-state index in [1.54, 1.807) is 4.90 Å². The molecule has 0 radical (unpaired) electrons. The van der Waals surface area contributed by atoms with Crippen LogP contribution in [0, 0.1) is 0 Å². The van der Waals surface area contributed by atoms with Gasteiger partial charge < -0.3 is 25.5 Å². The quantitative estimate of drug-likeness (QED) is 0.496. The van der Waals surface area contributed by atoms with Crippen molar-refractivity contribution >= 4 is 12.3 Å². The first-order valence-electron chi connectivity index (χ1n) is 6.06. The van der Waals surface area contributed by atoms with Crippen molar-refractivity contribution in [1.82, 2.24) is 10.2 Å². The molecule has 0 aromatic heterocycles. The van der Waals surface area contributed by atoms with Crippen LogP contribution in [0.1, 0.15) is 19.3 Å². The highest BCUT2D eigenvalue weighted by Gasteiger charge is 2.19. The van der Waals surface area contributed by atoms with Crippen LogP contribution >= 0.6 is 0 Å². The van der Waals surface area contributed by atoms with E-state index in [1.165, 1.54) is 0 Å². The van der Waals surface area contributed by atoms with E-state index in [1.807, 2.05) is 0 Å². The van der Waals surface area contributed by atoms with Gasteiger partial charge in [0.2, 0.25) is 0 Å². The lowest BCUT2D eigenvalue weighted by molar-refractivity contribution is -0.109. The monoisotopic (exact) mass is 243 g/mol. The normalized spacial score (nSPS) is 17.6. The summed E-state index contributed by atoms with van der Waals surface area (Å²) in [5, 5.41) is 2.72. The number of carbonyl (C=O) groups is 2. The average molecular weight is 243 g/mol. The van der Waals surface area contributed by atoms with Gasteiger partial charge in [0.25, 0.3) is 0 Å². The Kier molecular flexibility index (Phi) is 6.57. The van der Waals surface area contributed by atoms with Crippen LogP contribution in [-0.2, 0) is 9.53 Å². The van der Waals surface area contributed by atoms with Gasteiger partial charge in [-0.3, -0.25) is 0 Å². The van der Waals surface area contributed by atoms with Gasteiger partial charge in [-0.25, -0.2) is 4.79 Å². The van der Waals surface area contributed by atoms with Crippen LogP contribution in [0.3, 0.4) is 0 Å². The van der Waals surface area contributed by atoms with Crippen molar-refractivity contribution < 1.29 is 14.3 Å². The Balaban J connectivity index is 2.28. The van der Waals surface area contributed by atoms with E-state index >= 15 is 0 Å². The summed E-state index contributed by atoms with van der Waals surface area (Å²) in [6.45, 7) is 2.90. The third-order valence-electron chi connectivity index (χ3n) is 2.74. The van der Waals surface area contributed by atoms with E-state index in [0.29, 0.717) is 39.3 Å². The maximum atomic E-state index is 11.8. The Bertz CT molecular complexity index is 242. The molecule has 17 heavy (non-hydrogen) atoms. The first kappa shape index (κ1) is 13.9. The van der Waals surface area contributed by atoms with Gasteiger partial charge in [-0.15, -0.1) is 0 Å². The number of amides is 2. The van der Waals surface area contributed by atoms with Crippen LogP contribution in [0.4, 0.5) is 4.79 Å². The molecule has 0 spiro atoms.